The maximum atomic E-state index is 14.4. The topological polar surface area (TPSA) is 151 Å². The van der Waals surface area contributed by atoms with E-state index in [0.29, 0.717) is 35.0 Å². The van der Waals surface area contributed by atoms with Crippen LogP contribution in [0.2, 0.25) is 0 Å². The standard InChI is InChI=1S/C40H48N6O7S2/c1-22-37(54)42-23(2)40(50)46(5)32(20-26-8-13-28(51-6)14-9-26)38(55)43-24(3)39(49)45(4)31-19-25-10-15-29(16-11-25)53-34-21-27(12-17-33(34)52-7)18-30(35(47)41-22)44-36(31)48/h8-17,21-24,30-32H,18-20H2,1-7H3,(H,41,47)(H,42,54)(H,43,55)(H,44,48)/t22-,23+,24+,30+,31+,32+/m1/s1. The van der Waals surface area contributed by atoms with Crippen molar-refractivity contribution < 1.29 is 33.4 Å². The van der Waals surface area contributed by atoms with Crippen molar-refractivity contribution >= 4 is 58.0 Å². The minimum absolute atomic E-state index is 0.0777. The molecule has 6 atom stereocenters. The highest BCUT2D eigenvalue weighted by Crippen LogP contribution is 2.33. The van der Waals surface area contributed by atoms with Gasteiger partial charge in [0.05, 0.1) is 36.3 Å². The predicted molar refractivity (Wildman–Crippen MR) is 217 cm³/mol. The molecule has 4 N–H and O–H groups in total. The molecule has 0 radical (unpaired) electrons. The van der Waals surface area contributed by atoms with Crippen molar-refractivity contribution in [1.82, 2.24) is 31.1 Å². The zero-order valence-corrected chi connectivity index (χ0v) is 33.6. The summed E-state index contributed by atoms with van der Waals surface area (Å²) in [5, 5.41) is 12.1. The lowest BCUT2D eigenvalue weighted by Gasteiger charge is -2.35. The molecule has 13 nitrogen and oxygen atoms in total. The number of likely N-dealkylation sites (N-methyl/N-ethyl adjacent to an activating group) is 2. The van der Waals surface area contributed by atoms with Gasteiger partial charge in [0.2, 0.25) is 23.6 Å². The van der Waals surface area contributed by atoms with Crippen molar-refractivity contribution in [1.29, 1.82) is 0 Å². The number of fused-ring (bicyclic) bond motifs is 2. The van der Waals surface area contributed by atoms with Crippen molar-refractivity contribution in [3.05, 3.63) is 83.4 Å². The minimum atomic E-state index is -1.08. The van der Waals surface area contributed by atoms with Gasteiger partial charge in [0, 0.05) is 26.9 Å². The summed E-state index contributed by atoms with van der Waals surface area (Å²) >= 11 is 11.6. The Bertz CT molecular complexity index is 1930. The van der Waals surface area contributed by atoms with E-state index in [4.69, 9.17) is 38.6 Å². The van der Waals surface area contributed by atoms with Gasteiger partial charge in [-0.1, -0.05) is 54.8 Å². The van der Waals surface area contributed by atoms with Gasteiger partial charge in [0.1, 0.15) is 35.7 Å². The van der Waals surface area contributed by atoms with Gasteiger partial charge in [-0.25, -0.2) is 0 Å². The molecular formula is C40H48N6O7S2. The summed E-state index contributed by atoms with van der Waals surface area (Å²) < 4.78 is 17.0. The van der Waals surface area contributed by atoms with Crippen LogP contribution in [-0.4, -0.2) is 108 Å². The number of nitrogens with one attached hydrogen (secondary N) is 4. The van der Waals surface area contributed by atoms with Crippen LogP contribution in [0.25, 0.3) is 0 Å². The first kappa shape index (κ1) is 40.9. The fourth-order valence-electron chi connectivity index (χ4n) is 6.55. The van der Waals surface area contributed by atoms with Crippen LogP contribution in [0.15, 0.2) is 66.7 Å². The molecule has 3 aliphatic rings. The fraction of sp³-hybridized carbons (Fsp3) is 0.400. The second-order valence-electron chi connectivity index (χ2n) is 13.9. The van der Waals surface area contributed by atoms with Gasteiger partial charge in [-0.2, -0.15) is 0 Å². The molecule has 3 heterocycles. The van der Waals surface area contributed by atoms with E-state index in [1.54, 1.807) is 72.3 Å². The van der Waals surface area contributed by atoms with E-state index < -0.39 is 54.0 Å². The Morgan fingerprint density at radius 1 is 0.691 bits per heavy atom. The third-order valence-electron chi connectivity index (χ3n) is 9.92. The summed E-state index contributed by atoms with van der Waals surface area (Å²) in [5.74, 6) is 0.389. The summed E-state index contributed by atoms with van der Waals surface area (Å²) in [5.41, 5.74) is 2.32. The number of amides is 4. The van der Waals surface area contributed by atoms with Crippen molar-refractivity contribution in [3.63, 3.8) is 0 Å². The first-order valence-corrected chi connectivity index (χ1v) is 18.8. The number of rotatable bonds is 4. The summed E-state index contributed by atoms with van der Waals surface area (Å²) in [6.07, 6.45) is 0.544. The second kappa shape index (κ2) is 17.9. The highest BCUT2D eigenvalue weighted by molar-refractivity contribution is 7.80. The SMILES string of the molecule is COc1ccc(C[C@H]2C(=S)N[C@@H](C)C(=O)N(C)[C@H]3Cc4ccc(cc4)Oc4cc(ccc4OC)C[C@H](NC3=O)C(=O)N[C@H](C)C(=S)N[C@@H](C)C(=O)N2C)cc1. The van der Waals surface area contributed by atoms with E-state index in [0.717, 1.165) is 11.1 Å². The predicted octanol–water partition coefficient (Wildman–Crippen LogP) is 3.11. The average Bonchev–Trinajstić information content (AvgIpc) is 3.17. The first-order chi connectivity index (χ1) is 26.2. The van der Waals surface area contributed by atoms with E-state index in [2.05, 4.69) is 21.3 Å². The lowest BCUT2D eigenvalue weighted by atomic mass is 10.00. The molecule has 15 heteroatoms. The van der Waals surface area contributed by atoms with Crippen molar-refractivity contribution in [2.45, 2.75) is 76.3 Å². The van der Waals surface area contributed by atoms with Crippen LogP contribution in [0.1, 0.15) is 37.5 Å². The van der Waals surface area contributed by atoms with E-state index in [-0.39, 0.29) is 28.7 Å². The summed E-state index contributed by atoms with van der Waals surface area (Å²) in [7, 11) is 6.32. The number of nitrogens with zero attached hydrogens (tertiary/aromatic N) is 2. The Morgan fingerprint density at radius 2 is 1.31 bits per heavy atom. The number of thiocarbonyl (C=S) groups is 2. The highest BCUT2D eigenvalue weighted by atomic mass is 32.1. The van der Waals surface area contributed by atoms with E-state index in [1.807, 2.05) is 36.4 Å². The van der Waals surface area contributed by atoms with Gasteiger partial charge in [-0.15, -0.1) is 0 Å². The number of ether oxygens (including phenoxy) is 3. The summed E-state index contributed by atoms with van der Waals surface area (Å²) in [6.45, 7) is 5.03. The zero-order chi connectivity index (χ0) is 40.0. The molecule has 6 rings (SSSR count). The number of methoxy groups -OCH3 is 2. The van der Waals surface area contributed by atoms with Crippen LogP contribution >= 0.6 is 24.4 Å². The number of carbonyl (C=O) groups excluding carboxylic acids is 4. The number of hydrogen-bond acceptors (Lipinski definition) is 9. The molecule has 3 aromatic carbocycles. The molecule has 3 aliphatic heterocycles. The molecule has 1 saturated heterocycles. The molecule has 55 heavy (non-hydrogen) atoms. The first-order valence-electron chi connectivity index (χ1n) is 18.0. The minimum Gasteiger partial charge on any atom is -0.497 e. The van der Waals surface area contributed by atoms with Crippen LogP contribution in [0.4, 0.5) is 0 Å². The van der Waals surface area contributed by atoms with Gasteiger partial charge in [-0.3, -0.25) is 19.2 Å². The van der Waals surface area contributed by atoms with E-state index in [9.17, 15) is 19.2 Å². The van der Waals surface area contributed by atoms with Gasteiger partial charge in [-0.05, 0) is 80.3 Å². The van der Waals surface area contributed by atoms with Gasteiger partial charge in [0.15, 0.2) is 11.5 Å². The monoisotopic (exact) mass is 788 g/mol. The zero-order valence-electron chi connectivity index (χ0n) is 32.0. The maximum Gasteiger partial charge on any atom is 0.245 e. The quantitative estimate of drug-likeness (QED) is 0.289. The third-order valence-corrected chi connectivity index (χ3v) is 10.8. The molecule has 292 valence electrons. The maximum absolute atomic E-state index is 14.4. The molecule has 0 aromatic heterocycles. The Hall–Kier alpha value is -5.28. The molecule has 6 bridgehead atoms. The molecule has 0 saturated carbocycles. The Kier molecular flexibility index (Phi) is 13.3. The van der Waals surface area contributed by atoms with Gasteiger partial charge >= 0.3 is 0 Å². The molecule has 0 aliphatic carbocycles. The van der Waals surface area contributed by atoms with Crippen LogP contribution in [-0.2, 0) is 38.4 Å². The smallest absolute Gasteiger partial charge is 0.245 e. The summed E-state index contributed by atoms with van der Waals surface area (Å²) in [4.78, 5) is 60.0. The molecule has 0 unspecified atom stereocenters. The lowest BCUT2D eigenvalue weighted by Crippen LogP contribution is -2.61. The molecular weight excluding hydrogens is 741 g/mol. The molecule has 0 spiro atoms. The Morgan fingerprint density at radius 3 is 1.95 bits per heavy atom. The normalized spacial score (nSPS) is 24.3. The fourth-order valence-corrected chi connectivity index (χ4v) is 7.20. The lowest BCUT2D eigenvalue weighted by molar-refractivity contribution is -0.141. The number of benzene rings is 3. The second-order valence-corrected chi connectivity index (χ2v) is 14.8. The van der Waals surface area contributed by atoms with Crippen LogP contribution < -0.4 is 35.5 Å². The van der Waals surface area contributed by atoms with Crippen LogP contribution in [0.5, 0.6) is 23.0 Å². The Labute approximate surface area is 332 Å². The van der Waals surface area contributed by atoms with Crippen LogP contribution in [0, 0.1) is 0 Å². The highest BCUT2D eigenvalue weighted by Gasteiger charge is 2.36. The number of hydrogen-bond donors (Lipinski definition) is 4. The molecule has 1 fully saturated rings. The molecule has 3 aromatic rings. The van der Waals surface area contributed by atoms with Crippen molar-refractivity contribution in [3.8, 4) is 23.0 Å². The van der Waals surface area contributed by atoms with Crippen LogP contribution in [0.3, 0.4) is 0 Å². The Balaban J connectivity index is 1.55. The van der Waals surface area contributed by atoms with E-state index >= 15 is 0 Å². The van der Waals surface area contributed by atoms with Gasteiger partial charge < -0.3 is 45.3 Å². The summed E-state index contributed by atoms with van der Waals surface area (Å²) in [6, 6.07) is 14.7. The average molecular weight is 789 g/mol. The molecule has 4 amide bonds. The van der Waals surface area contributed by atoms with Crippen molar-refractivity contribution in [2.24, 2.45) is 0 Å². The third kappa shape index (κ3) is 9.89. The van der Waals surface area contributed by atoms with Gasteiger partial charge in [0.25, 0.3) is 0 Å². The van der Waals surface area contributed by atoms with E-state index in [1.165, 1.54) is 16.9 Å². The van der Waals surface area contributed by atoms with Crippen molar-refractivity contribution in [2.75, 3.05) is 28.3 Å². The largest absolute Gasteiger partial charge is 0.497 e. The number of carbonyl (C=O) groups is 4.